The summed E-state index contributed by atoms with van der Waals surface area (Å²) in [6.07, 6.45) is 5.68. The zero-order chi connectivity index (χ0) is 19.5. The van der Waals surface area contributed by atoms with Gasteiger partial charge in [-0.05, 0) is 78.0 Å². The first kappa shape index (κ1) is 18.1. The van der Waals surface area contributed by atoms with Crippen molar-refractivity contribution in [1.29, 1.82) is 0 Å². The topological polar surface area (TPSA) is 55.6 Å². The average Bonchev–Trinajstić information content (AvgIpc) is 3.31. The molecule has 1 aromatic heterocycles. The highest BCUT2D eigenvalue weighted by Crippen LogP contribution is 2.28. The zero-order valence-corrected chi connectivity index (χ0v) is 15.7. The van der Waals surface area contributed by atoms with E-state index in [1.54, 1.807) is 19.2 Å². The molecule has 1 aliphatic rings. The van der Waals surface area contributed by atoms with E-state index in [9.17, 15) is 9.18 Å². The van der Waals surface area contributed by atoms with Crippen LogP contribution in [-0.4, -0.2) is 22.8 Å². The molecule has 1 amide bonds. The van der Waals surface area contributed by atoms with E-state index in [0.717, 1.165) is 17.0 Å². The van der Waals surface area contributed by atoms with Gasteiger partial charge >= 0.3 is 0 Å². The number of rotatable bonds is 4. The quantitative estimate of drug-likeness (QED) is 0.663. The van der Waals surface area contributed by atoms with Gasteiger partial charge in [-0.3, -0.25) is 4.79 Å². The lowest BCUT2D eigenvalue weighted by molar-refractivity contribution is -0.115. The Morgan fingerprint density at radius 3 is 2.57 bits per heavy atom. The van der Waals surface area contributed by atoms with Gasteiger partial charge in [0.05, 0.1) is 17.7 Å². The number of carbonyl (C=O) groups excluding carboxylic acids is 1. The molecule has 7 heteroatoms. The number of carbonyl (C=O) groups is 1. The summed E-state index contributed by atoms with van der Waals surface area (Å²) in [5, 5.41) is 3.20. The van der Waals surface area contributed by atoms with Gasteiger partial charge in [0.15, 0.2) is 5.17 Å². The third kappa shape index (κ3) is 3.99. The number of nitrogens with zero attached hydrogens (tertiary/aromatic N) is 2. The fourth-order valence-electron chi connectivity index (χ4n) is 2.68. The third-order valence-corrected chi connectivity index (χ3v) is 5.00. The summed E-state index contributed by atoms with van der Waals surface area (Å²) in [6, 6.07) is 15.4. The Morgan fingerprint density at radius 2 is 1.86 bits per heavy atom. The Morgan fingerprint density at radius 1 is 1.11 bits per heavy atom. The molecule has 0 unspecified atom stereocenters. The summed E-state index contributed by atoms with van der Waals surface area (Å²) >= 11 is 1.25. The first-order valence-electron chi connectivity index (χ1n) is 8.48. The normalized spacial score (nSPS) is 16.6. The second-order valence-corrected chi connectivity index (χ2v) is 7.04. The number of nitrogens with one attached hydrogen (secondary N) is 1. The highest BCUT2D eigenvalue weighted by molar-refractivity contribution is 8.18. The number of thioether (sulfide) groups is 1. The van der Waals surface area contributed by atoms with E-state index in [1.807, 2.05) is 53.4 Å². The molecule has 0 radical (unpaired) electrons. The molecule has 1 saturated heterocycles. The maximum atomic E-state index is 13.0. The molecule has 3 aromatic rings. The van der Waals surface area contributed by atoms with Crippen molar-refractivity contribution in [3.63, 3.8) is 0 Å². The van der Waals surface area contributed by atoms with Crippen molar-refractivity contribution in [3.8, 4) is 11.4 Å². The van der Waals surface area contributed by atoms with Gasteiger partial charge in [0, 0.05) is 18.1 Å². The van der Waals surface area contributed by atoms with E-state index < -0.39 is 0 Å². The summed E-state index contributed by atoms with van der Waals surface area (Å²) in [6.45, 7) is 0. The summed E-state index contributed by atoms with van der Waals surface area (Å²) in [7, 11) is 1.63. The van der Waals surface area contributed by atoms with Gasteiger partial charge in [0.2, 0.25) is 0 Å². The van der Waals surface area contributed by atoms with E-state index in [1.165, 1.54) is 23.9 Å². The first-order chi connectivity index (χ1) is 13.6. The molecule has 0 bridgehead atoms. The molecule has 2 aromatic carbocycles. The van der Waals surface area contributed by atoms with E-state index in [-0.39, 0.29) is 11.7 Å². The Balaban J connectivity index is 1.52. The van der Waals surface area contributed by atoms with Crippen LogP contribution in [0.2, 0.25) is 0 Å². The van der Waals surface area contributed by atoms with Crippen LogP contribution in [0.5, 0.6) is 5.75 Å². The van der Waals surface area contributed by atoms with Crippen molar-refractivity contribution in [2.24, 2.45) is 4.99 Å². The third-order valence-electron chi connectivity index (χ3n) is 4.09. The highest BCUT2D eigenvalue weighted by Gasteiger charge is 2.23. The van der Waals surface area contributed by atoms with Crippen molar-refractivity contribution in [2.75, 3.05) is 7.11 Å². The van der Waals surface area contributed by atoms with Crippen molar-refractivity contribution in [3.05, 3.63) is 83.3 Å². The summed E-state index contributed by atoms with van der Waals surface area (Å²) in [4.78, 5) is 17.1. The van der Waals surface area contributed by atoms with Gasteiger partial charge in [-0.15, -0.1) is 0 Å². The maximum Gasteiger partial charge on any atom is 0.264 e. The molecule has 4 rings (SSSR count). The first-order valence-corrected chi connectivity index (χ1v) is 9.30. The van der Waals surface area contributed by atoms with Crippen LogP contribution in [0.4, 0.5) is 10.1 Å². The zero-order valence-electron chi connectivity index (χ0n) is 14.9. The van der Waals surface area contributed by atoms with Crippen molar-refractivity contribution in [1.82, 2.24) is 9.88 Å². The second-order valence-electron chi connectivity index (χ2n) is 6.01. The predicted molar refractivity (Wildman–Crippen MR) is 110 cm³/mol. The van der Waals surface area contributed by atoms with E-state index in [0.29, 0.717) is 15.8 Å². The molecule has 0 atom stereocenters. The van der Waals surface area contributed by atoms with Gasteiger partial charge < -0.3 is 14.6 Å². The van der Waals surface area contributed by atoms with Crippen LogP contribution in [0, 0.1) is 5.82 Å². The summed E-state index contributed by atoms with van der Waals surface area (Å²) in [5.41, 5.74) is 2.47. The van der Waals surface area contributed by atoms with Crippen LogP contribution in [0.3, 0.4) is 0 Å². The van der Waals surface area contributed by atoms with Crippen molar-refractivity contribution >= 4 is 34.6 Å². The van der Waals surface area contributed by atoms with Crippen LogP contribution in [-0.2, 0) is 4.79 Å². The van der Waals surface area contributed by atoms with E-state index in [2.05, 4.69) is 10.3 Å². The molecule has 1 aliphatic heterocycles. The molecule has 2 heterocycles. The lowest BCUT2D eigenvalue weighted by Crippen LogP contribution is -2.19. The molecular formula is C21H16FN3O2S. The number of ether oxygens (including phenoxy) is 1. The fraction of sp³-hybridized carbons (Fsp3) is 0.0476. The number of amides is 1. The SMILES string of the molecule is COc1ccc(-n2ccc(/C=C3/SC(=Nc4ccc(F)cc4)NC3=O)c2)cc1. The van der Waals surface area contributed by atoms with Gasteiger partial charge in [-0.25, -0.2) is 9.38 Å². The Labute approximate surface area is 165 Å². The standard InChI is InChI=1S/C21H16FN3O2S/c1-27-18-8-6-17(7-9-18)25-11-10-14(13-25)12-19-20(26)24-21(28-19)23-16-4-2-15(22)3-5-16/h2-13H,1H3,(H,23,24,26)/b19-12+. The number of hydrogen-bond acceptors (Lipinski definition) is 4. The molecule has 1 N–H and O–H groups in total. The maximum absolute atomic E-state index is 13.0. The number of halogens is 1. The Bertz CT molecular complexity index is 1070. The van der Waals surface area contributed by atoms with Gasteiger partial charge in [0.1, 0.15) is 11.6 Å². The number of aliphatic imine (C=N–C) groups is 1. The number of amidine groups is 1. The number of hydrogen-bond donors (Lipinski definition) is 1. The van der Waals surface area contributed by atoms with Crippen LogP contribution in [0.1, 0.15) is 5.56 Å². The minimum atomic E-state index is -0.325. The highest BCUT2D eigenvalue weighted by atomic mass is 32.2. The number of methoxy groups -OCH3 is 1. The van der Waals surface area contributed by atoms with Crippen molar-refractivity contribution < 1.29 is 13.9 Å². The number of aromatic nitrogens is 1. The fourth-order valence-corrected chi connectivity index (χ4v) is 3.52. The van der Waals surface area contributed by atoms with Crippen LogP contribution in [0.15, 0.2) is 76.9 Å². The molecule has 1 fully saturated rings. The molecule has 28 heavy (non-hydrogen) atoms. The molecule has 0 saturated carbocycles. The van der Waals surface area contributed by atoms with Gasteiger partial charge in [-0.1, -0.05) is 0 Å². The average molecular weight is 393 g/mol. The monoisotopic (exact) mass is 393 g/mol. The predicted octanol–water partition coefficient (Wildman–Crippen LogP) is 4.52. The van der Waals surface area contributed by atoms with Gasteiger partial charge in [0.25, 0.3) is 5.91 Å². The molecule has 0 aliphatic carbocycles. The molecule has 0 spiro atoms. The Hall–Kier alpha value is -3.32. The van der Waals surface area contributed by atoms with E-state index >= 15 is 0 Å². The minimum absolute atomic E-state index is 0.206. The summed E-state index contributed by atoms with van der Waals surface area (Å²) < 4.78 is 20.1. The second kappa shape index (κ2) is 7.74. The Kier molecular flexibility index (Phi) is 4.99. The largest absolute Gasteiger partial charge is 0.497 e. The van der Waals surface area contributed by atoms with Gasteiger partial charge in [-0.2, -0.15) is 0 Å². The number of benzene rings is 2. The lowest BCUT2D eigenvalue weighted by Gasteiger charge is -2.04. The molecular weight excluding hydrogens is 377 g/mol. The lowest BCUT2D eigenvalue weighted by atomic mass is 10.3. The molecule has 5 nitrogen and oxygen atoms in total. The summed E-state index contributed by atoms with van der Waals surface area (Å²) in [5.74, 6) is 0.266. The van der Waals surface area contributed by atoms with Crippen LogP contribution >= 0.6 is 11.8 Å². The van der Waals surface area contributed by atoms with Crippen LogP contribution < -0.4 is 10.1 Å². The van der Waals surface area contributed by atoms with E-state index in [4.69, 9.17) is 4.74 Å². The minimum Gasteiger partial charge on any atom is -0.497 e. The van der Waals surface area contributed by atoms with Crippen LogP contribution in [0.25, 0.3) is 11.8 Å². The van der Waals surface area contributed by atoms with Crippen molar-refractivity contribution in [2.45, 2.75) is 0 Å². The molecule has 140 valence electrons. The smallest absolute Gasteiger partial charge is 0.264 e.